The number of nitrogens with one attached hydrogen (secondary N) is 1. The van der Waals surface area contributed by atoms with E-state index in [1.54, 1.807) is 26.1 Å². The van der Waals surface area contributed by atoms with Crippen molar-refractivity contribution in [2.24, 2.45) is 5.92 Å². The molecule has 0 unspecified atom stereocenters. The topological polar surface area (TPSA) is 28.2 Å². The number of anilines is 1. The van der Waals surface area contributed by atoms with Gasteiger partial charge in [-0.3, -0.25) is 0 Å². The lowest BCUT2D eigenvalue weighted by atomic mass is 10.2. The number of hydrogen-bond donors (Lipinski definition) is 1. The van der Waals surface area contributed by atoms with Crippen molar-refractivity contribution in [1.29, 1.82) is 0 Å². The predicted octanol–water partition coefficient (Wildman–Crippen LogP) is 3.60. The smallest absolute Gasteiger partial charge is 0.345 e. The summed E-state index contributed by atoms with van der Waals surface area (Å²) < 4.78 is 37.8. The molecule has 0 aliphatic heterocycles. The van der Waals surface area contributed by atoms with Gasteiger partial charge in [-0.25, -0.2) is 4.98 Å². The molecule has 0 saturated carbocycles. The van der Waals surface area contributed by atoms with Crippen LogP contribution in [0.25, 0.3) is 0 Å². The van der Waals surface area contributed by atoms with Gasteiger partial charge in [-0.05, 0) is 37.9 Å². The Balaban J connectivity index is 2.69. The molecule has 0 radical (unpaired) electrons. The summed E-state index contributed by atoms with van der Waals surface area (Å²) in [4.78, 5) is 5.42. The molecule has 1 heterocycles. The highest BCUT2D eigenvalue weighted by molar-refractivity contribution is 5.40. The Hall–Kier alpha value is -1.30. The first-order valence-corrected chi connectivity index (χ1v) is 7.18. The van der Waals surface area contributed by atoms with Crippen LogP contribution in [0.2, 0.25) is 0 Å². The van der Waals surface area contributed by atoms with Crippen LogP contribution in [0.15, 0.2) is 18.3 Å². The third-order valence-electron chi connectivity index (χ3n) is 2.96. The van der Waals surface area contributed by atoms with E-state index in [2.05, 4.69) is 24.1 Å². The van der Waals surface area contributed by atoms with Gasteiger partial charge >= 0.3 is 6.18 Å². The first-order valence-electron chi connectivity index (χ1n) is 7.18. The quantitative estimate of drug-likeness (QED) is 0.834. The lowest BCUT2D eigenvalue weighted by molar-refractivity contribution is -0.120. The van der Waals surface area contributed by atoms with Gasteiger partial charge in [-0.2, -0.15) is 13.2 Å². The van der Waals surface area contributed by atoms with E-state index in [1.165, 1.54) is 4.90 Å². The Morgan fingerprint density at radius 2 is 1.86 bits per heavy atom. The molecule has 0 fully saturated rings. The van der Waals surface area contributed by atoms with Crippen LogP contribution in [-0.4, -0.2) is 30.3 Å². The molecule has 0 saturated heterocycles. The number of halogens is 3. The van der Waals surface area contributed by atoms with Crippen LogP contribution in [0.5, 0.6) is 0 Å². The van der Waals surface area contributed by atoms with E-state index in [4.69, 9.17) is 0 Å². The molecule has 1 aromatic rings. The maximum absolute atomic E-state index is 12.6. The van der Waals surface area contributed by atoms with E-state index < -0.39 is 12.7 Å². The number of alkyl halides is 3. The highest BCUT2D eigenvalue weighted by Gasteiger charge is 2.32. The minimum absolute atomic E-state index is 0.260. The van der Waals surface area contributed by atoms with Gasteiger partial charge in [0, 0.05) is 18.8 Å². The van der Waals surface area contributed by atoms with Crippen LogP contribution >= 0.6 is 0 Å². The Labute approximate surface area is 124 Å². The van der Waals surface area contributed by atoms with E-state index in [0.717, 1.165) is 12.1 Å². The van der Waals surface area contributed by atoms with Crippen LogP contribution in [0.4, 0.5) is 19.0 Å². The molecule has 120 valence electrons. The van der Waals surface area contributed by atoms with Gasteiger partial charge in [0.1, 0.15) is 12.4 Å². The lowest BCUT2D eigenvalue weighted by Crippen LogP contribution is -2.39. The Morgan fingerprint density at radius 3 is 2.29 bits per heavy atom. The first kappa shape index (κ1) is 17.8. The first-order chi connectivity index (χ1) is 9.69. The average Bonchev–Trinajstić information content (AvgIpc) is 2.35. The average molecular weight is 303 g/mol. The van der Waals surface area contributed by atoms with Crippen LogP contribution in [0, 0.1) is 5.92 Å². The highest BCUT2D eigenvalue weighted by atomic mass is 19.4. The molecular formula is C15H24F3N3. The standard InChI is InChI=1S/C15H24F3N3/c1-11(2)7-19-8-13-5-6-14(20-9-13)21(12(3)4)10-15(16,17)18/h5-6,9,11-12,19H,7-8,10H2,1-4H3. The summed E-state index contributed by atoms with van der Waals surface area (Å²) >= 11 is 0. The zero-order chi connectivity index (χ0) is 16.0. The van der Waals surface area contributed by atoms with E-state index in [-0.39, 0.29) is 6.04 Å². The van der Waals surface area contributed by atoms with Crippen molar-refractivity contribution in [2.75, 3.05) is 18.0 Å². The van der Waals surface area contributed by atoms with Gasteiger partial charge < -0.3 is 10.2 Å². The molecular weight excluding hydrogens is 279 g/mol. The van der Waals surface area contributed by atoms with E-state index in [0.29, 0.717) is 18.3 Å². The molecule has 6 heteroatoms. The van der Waals surface area contributed by atoms with Crippen LogP contribution in [-0.2, 0) is 6.54 Å². The molecule has 0 aromatic carbocycles. The third kappa shape index (κ3) is 6.80. The molecule has 0 atom stereocenters. The molecule has 21 heavy (non-hydrogen) atoms. The normalized spacial score (nSPS) is 12.2. The van der Waals surface area contributed by atoms with E-state index >= 15 is 0 Å². The maximum atomic E-state index is 12.6. The van der Waals surface area contributed by atoms with Crippen molar-refractivity contribution in [3.8, 4) is 0 Å². The number of nitrogens with zero attached hydrogens (tertiary/aromatic N) is 2. The minimum Gasteiger partial charge on any atom is -0.345 e. The van der Waals surface area contributed by atoms with Crippen LogP contribution in [0.3, 0.4) is 0 Å². The minimum atomic E-state index is -4.23. The number of rotatable bonds is 7. The number of hydrogen-bond acceptors (Lipinski definition) is 3. The van der Waals surface area contributed by atoms with Gasteiger partial charge in [0.2, 0.25) is 0 Å². The molecule has 0 bridgehead atoms. The van der Waals surface area contributed by atoms with Crippen molar-refractivity contribution in [2.45, 2.75) is 46.5 Å². The van der Waals surface area contributed by atoms with Gasteiger partial charge in [0.15, 0.2) is 0 Å². The van der Waals surface area contributed by atoms with Gasteiger partial charge in [-0.15, -0.1) is 0 Å². The summed E-state index contributed by atoms with van der Waals surface area (Å²) in [5.74, 6) is 0.912. The van der Waals surface area contributed by atoms with Crippen LogP contribution < -0.4 is 10.2 Å². The lowest BCUT2D eigenvalue weighted by Gasteiger charge is -2.28. The van der Waals surface area contributed by atoms with Gasteiger partial charge in [-0.1, -0.05) is 19.9 Å². The van der Waals surface area contributed by atoms with Gasteiger partial charge in [0.25, 0.3) is 0 Å². The van der Waals surface area contributed by atoms with E-state index in [1.807, 2.05) is 6.07 Å². The molecule has 1 N–H and O–H groups in total. The monoisotopic (exact) mass is 303 g/mol. The largest absolute Gasteiger partial charge is 0.405 e. The second-order valence-corrected chi connectivity index (χ2v) is 5.89. The van der Waals surface area contributed by atoms with Crippen molar-refractivity contribution < 1.29 is 13.2 Å². The summed E-state index contributed by atoms with van der Waals surface area (Å²) in [6, 6.07) is 3.21. The number of aromatic nitrogens is 1. The summed E-state index contributed by atoms with van der Waals surface area (Å²) in [6.07, 6.45) is -2.60. The fraction of sp³-hybridized carbons (Fsp3) is 0.667. The maximum Gasteiger partial charge on any atom is 0.405 e. The summed E-state index contributed by atoms with van der Waals surface area (Å²) in [5.41, 5.74) is 0.968. The van der Waals surface area contributed by atoms with Gasteiger partial charge in [0.05, 0.1) is 0 Å². The third-order valence-corrected chi connectivity index (χ3v) is 2.96. The highest BCUT2D eigenvalue weighted by Crippen LogP contribution is 2.22. The molecule has 0 spiro atoms. The summed E-state index contributed by atoms with van der Waals surface area (Å²) in [7, 11) is 0. The SMILES string of the molecule is CC(C)CNCc1ccc(N(CC(F)(F)F)C(C)C)nc1. The zero-order valence-corrected chi connectivity index (χ0v) is 13.0. The molecule has 3 nitrogen and oxygen atoms in total. The second-order valence-electron chi connectivity index (χ2n) is 5.89. The molecule has 0 amide bonds. The Bertz CT molecular complexity index is 413. The summed E-state index contributed by atoms with van der Waals surface area (Å²) in [6.45, 7) is 8.28. The summed E-state index contributed by atoms with van der Waals surface area (Å²) in [5, 5.41) is 3.28. The van der Waals surface area contributed by atoms with Crippen molar-refractivity contribution >= 4 is 5.82 Å². The molecule has 0 aliphatic rings. The Kier molecular flexibility index (Phi) is 6.45. The fourth-order valence-electron chi connectivity index (χ4n) is 1.92. The van der Waals surface area contributed by atoms with Crippen molar-refractivity contribution in [3.63, 3.8) is 0 Å². The zero-order valence-electron chi connectivity index (χ0n) is 13.0. The Morgan fingerprint density at radius 1 is 1.19 bits per heavy atom. The van der Waals surface area contributed by atoms with E-state index in [9.17, 15) is 13.2 Å². The molecule has 1 aromatic heterocycles. The van der Waals surface area contributed by atoms with Crippen molar-refractivity contribution in [3.05, 3.63) is 23.9 Å². The fourth-order valence-corrected chi connectivity index (χ4v) is 1.92. The number of pyridine rings is 1. The second kappa shape index (κ2) is 7.64. The van der Waals surface area contributed by atoms with Crippen LogP contribution in [0.1, 0.15) is 33.3 Å². The van der Waals surface area contributed by atoms with Crippen molar-refractivity contribution in [1.82, 2.24) is 10.3 Å². The predicted molar refractivity (Wildman–Crippen MR) is 79.3 cm³/mol. The molecule has 1 rings (SSSR count). The molecule has 0 aliphatic carbocycles.